The lowest BCUT2D eigenvalue weighted by Crippen LogP contribution is -2.29. The summed E-state index contributed by atoms with van der Waals surface area (Å²) < 4.78 is 16.5. The predicted octanol–water partition coefficient (Wildman–Crippen LogP) is 4.82. The SMILES string of the molecule is CCCOc1ccc(/C(O)=C2/C(=O)C(=O)N(Cc3cccnc3)C2c2ccc(OC)c(OC)c2)c(C)c1. The summed E-state index contributed by atoms with van der Waals surface area (Å²) in [6, 6.07) is 13.2. The van der Waals surface area contributed by atoms with Crippen LogP contribution in [0.5, 0.6) is 17.2 Å². The van der Waals surface area contributed by atoms with Crippen molar-refractivity contribution in [2.45, 2.75) is 32.9 Å². The Kier molecular flexibility index (Phi) is 7.77. The molecule has 4 rings (SSSR count). The van der Waals surface area contributed by atoms with Crippen molar-refractivity contribution in [2.24, 2.45) is 0 Å². The van der Waals surface area contributed by atoms with Crippen LogP contribution in [-0.2, 0) is 16.1 Å². The molecular weight excluding hydrogens is 472 g/mol. The standard InChI is InChI=1S/C29H30N2O6/c1-5-13-37-21-9-10-22(18(2)14-21)27(32)25-26(20-8-11-23(35-3)24(15-20)36-4)31(29(34)28(25)33)17-19-7-6-12-30-16-19/h6-12,14-16,26,32H,5,13,17H2,1-4H3/b27-25-. The Morgan fingerprint density at radius 3 is 2.49 bits per heavy atom. The van der Waals surface area contributed by atoms with Gasteiger partial charge in [-0.25, -0.2) is 0 Å². The van der Waals surface area contributed by atoms with Crippen LogP contribution in [0.2, 0.25) is 0 Å². The summed E-state index contributed by atoms with van der Waals surface area (Å²) in [5.41, 5.74) is 2.53. The maximum Gasteiger partial charge on any atom is 0.295 e. The van der Waals surface area contributed by atoms with E-state index in [1.165, 1.54) is 19.1 Å². The van der Waals surface area contributed by atoms with E-state index in [2.05, 4.69) is 4.98 Å². The van der Waals surface area contributed by atoms with Gasteiger partial charge >= 0.3 is 0 Å². The van der Waals surface area contributed by atoms with Gasteiger partial charge in [0, 0.05) is 24.5 Å². The number of aliphatic hydroxyl groups is 1. The van der Waals surface area contributed by atoms with Crippen molar-refractivity contribution in [2.75, 3.05) is 20.8 Å². The third kappa shape index (κ3) is 5.14. The van der Waals surface area contributed by atoms with Crippen molar-refractivity contribution in [3.63, 3.8) is 0 Å². The molecule has 0 saturated carbocycles. The van der Waals surface area contributed by atoms with Crippen LogP contribution < -0.4 is 14.2 Å². The molecule has 2 aromatic carbocycles. The molecule has 192 valence electrons. The molecular formula is C29H30N2O6. The summed E-state index contributed by atoms with van der Waals surface area (Å²) in [6.07, 6.45) is 4.15. The fraction of sp³-hybridized carbons (Fsp3) is 0.276. The van der Waals surface area contributed by atoms with E-state index >= 15 is 0 Å². The number of methoxy groups -OCH3 is 2. The van der Waals surface area contributed by atoms with E-state index in [9.17, 15) is 14.7 Å². The molecule has 1 fully saturated rings. The first-order valence-electron chi connectivity index (χ1n) is 12.0. The van der Waals surface area contributed by atoms with Crippen LogP contribution in [0.4, 0.5) is 0 Å². The molecule has 0 bridgehead atoms. The van der Waals surface area contributed by atoms with Gasteiger partial charge in [0.15, 0.2) is 11.5 Å². The van der Waals surface area contributed by atoms with Gasteiger partial charge in [0.2, 0.25) is 0 Å². The molecule has 1 saturated heterocycles. The van der Waals surface area contributed by atoms with Gasteiger partial charge < -0.3 is 24.2 Å². The summed E-state index contributed by atoms with van der Waals surface area (Å²) in [4.78, 5) is 32.3. The molecule has 8 heteroatoms. The van der Waals surface area contributed by atoms with E-state index in [1.54, 1.807) is 48.8 Å². The number of carbonyl (C=O) groups excluding carboxylic acids is 2. The number of carbonyl (C=O) groups is 2. The number of Topliss-reactive ketones (excluding diaryl/α,β-unsaturated/α-hetero) is 1. The van der Waals surface area contributed by atoms with Crippen LogP contribution in [0, 0.1) is 6.92 Å². The minimum Gasteiger partial charge on any atom is -0.507 e. The van der Waals surface area contributed by atoms with Crippen molar-refractivity contribution in [3.8, 4) is 17.2 Å². The second kappa shape index (κ2) is 11.2. The molecule has 37 heavy (non-hydrogen) atoms. The smallest absolute Gasteiger partial charge is 0.295 e. The Labute approximate surface area is 216 Å². The normalized spacial score (nSPS) is 16.6. The highest BCUT2D eigenvalue weighted by molar-refractivity contribution is 6.46. The van der Waals surface area contributed by atoms with Crippen molar-refractivity contribution in [3.05, 3.63) is 88.8 Å². The summed E-state index contributed by atoms with van der Waals surface area (Å²) >= 11 is 0. The highest BCUT2D eigenvalue weighted by Gasteiger charge is 2.46. The van der Waals surface area contributed by atoms with Gasteiger partial charge in [-0.1, -0.05) is 19.1 Å². The highest BCUT2D eigenvalue weighted by Crippen LogP contribution is 2.43. The second-order valence-electron chi connectivity index (χ2n) is 8.73. The Hall–Kier alpha value is -4.33. The van der Waals surface area contributed by atoms with Gasteiger partial charge in [-0.2, -0.15) is 0 Å². The maximum atomic E-state index is 13.4. The van der Waals surface area contributed by atoms with Gasteiger partial charge in [-0.15, -0.1) is 0 Å². The van der Waals surface area contributed by atoms with Crippen molar-refractivity contribution >= 4 is 17.4 Å². The fourth-order valence-electron chi connectivity index (χ4n) is 4.46. The summed E-state index contributed by atoms with van der Waals surface area (Å²) in [5, 5.41) is 11.5. The van der Waals surface area contributed by atoms with Crippen molar-refractivity contribution in [1.82, 2.24) is 9.88 Å². The number of hydrogen-bond donors (Lipinski definition) is 1. The Bertz CT molecular complexity index is 1340. The molecule has 1 atom stereocenters. The number of aliphatic hydroxyl groups excluding tert-OH is 1. The van der Waals surface area contributed by atoms with E-state index in [4.69, 9.17) is 14.2 Å². The Balaban J connectivity index is 1.86. The van der Waals surface area contributed by atoms with Crippen LogP contribution in [0.15, 0.2) is 66.5 Å². The molecule has 3 aromatic rings. The molecule has 1 aliphatic rings. The molecule has 0 spiro atoms. The number of aryl methyl sites for hydroxylation is 1. The van der Waals surface area contributed by atoms with Gasteiger partial charge in [0.1, 0.15) is 11.5 Å². The Morgan fingerprint density at radius 1 is 1.05 bits per heavy atom. The Morgan fingerprint density at radius 2 is 1.84 bits per heavy atom. The number of ether oxygens (including phenoxy) is 3. The number of nitrogens with zero attached hydrogens (tertiary/aromatic N) is 2. The zero-order valence-electron chi connectivity index (χ0n) is 21.4. The van der Waals surface area contributed by atoms with E-state index in [0.29, 0.717) is 35.0 Å². The van der Waals surface area contributed by atoms with E-state index in [1.807, 2.05) is 26.0 Å². The molecule has 1 aliphatic heterocycles. The molecule has 0 radical (unpaired) electrons. The number of ketones is 1. The summed E-state index contributed by atoms with van der Waals surface area (Å²) in [6.45, 7) is 4.55. The van der Waals surface area contributed by atoms with E-state index in [0.717, 1.165) is 17.5 Å². The molecule has 0 aliphatic carbocycles. The number of aromatic nitrogens is 1. The number of hydrogen-bond acceptors (Lipinski definition) is 7. The average molecular weight is 503 g/mol. The van der Waals surface area contributed by atoms with Crippen LogP contribution in [0.25, 0.3) is 5.76 Å². The summed E-state index contributed by atoms with van der Waals surface area (Å²) in [5.74, 6) is -0.0806. The molecule has 1 amide bonds. The van der Waals surface area contributed by atoms with Crippen LogP contribution in [0.3, 0.4) is 0 Å². The number of rotatable bonds is 9. The molecule has 2 heterocycles. The largest absolute Gasteiger partial charge is 0.507 e. The third-order valence-electron chi connectivity index (χ3n) is 6.26. The zero-order valence-corrected chi connectivity index (χ0v) is 21.4. The quantitative estimate of drug-likeness (QED) is 0.255. The lowest BCUT2D eigenvalue weighted by molar-refractivity contribution is -0.140. The van der Waals surface area contributed by atoms with Crippen LogP contribution in [-0.4, -0.2) is 47.5 Å². The minimum absolute atomic E-state index is 0.00596. The third-order valence-corrected chi connectivity index (χ3v) is 6.26. The zero-order chi connectivity index (χ0) is 26.5. The lowest BCUT2D eigenvalue weighted by atomic mass is 9.93. The van der Waals surface area contributed by atoms with Crippen molar-refractivity contribution < 1.29 is 28.9 Å². The van der Waals surface area contributed by atoms with Gasteiger partial charge in [-0.05, 0) is 66.4 Å². The first-order chi connectivity index (χ1) is 17.9. The van der Waals surface area contributed by atoms with Gasteiger partial charge in [0.05, 0.1) is 32.4 Å². The monoisotopic (exact) mass is 502 g/mol. The number of likely N-dealkylation sites (tertiary alicyclic amines) is 1. The molecule has 8 nitrogen and oxygen atoms in total. The highest BCUT2D eigenvalue weighted by atomic mass is 16.5. The van der Waals surface area contributed by atoms with E-state index in [-0.39, 0.29) is 17.9 Å². The van der Waals surface area contributed by atoms with Gasteiger partial charge in [0.25, 0.3) is 11.7 Å². The van der Waals surface area contributed by atoms with Crippen LogP contribution in [0.1, 0.15) is 41.6 Å². The predicted molar refractivity (Wildman–Crippen MR) is 139 cm³/mol. The first kappa shape index (κ1) is 25.8. The first-order valence-corrected chi connectivity index (χ1v) is 12.0. The average Bonchev–Trinajstić information content (AvgIpc) is 3.16. The number of benzene rings is 2. The molecule has 1 unspecified atom stereocenters. The second-order valence-corrected chi connectivity index (χ2v) is 8.73. The minimum atomic E-state index is -0.851. The molecule has 1 aromatic heterocycles. The maximum absolute atomic E-state index is 13.4. The topological polar surface area (TPSA) is 98.2 Å². The van der Waals surface area contributed by atoms with E-state index < -0.39 is 17.7 Å². The van der Waals surface area contributed by atoms with Gasteiger partial charge in [-0.3, -0.25) is 14.6 Å². The lowest BCUT2D eigenvalue weighted by Gasteiger charge is -2.26. The fourth-order valence-corrected chi connectivity index (χ4v) is 4.46. The molecule has 1 N–H and O–H groups in total. The van der Waals surface area contributed by atoms with Crippen molar-refractivity contribution in [1.29, 1.82) is 0 Å². The summed E-state index contributed by atoms with van der Waals surface area (Å²) in [7, 11) is 3.04. The number of pyridine rings is 1. The number of amides is 1. The van der Waals surface area contributed by atoms with Crippen LogP contribution >= 0.6 is 0 Å².